The molecule has 0 heterocycles. The third-order valence-corrected chi connectivity index (χ3v) is 2.53. The van der Waals surface area contributed by atoms with Gasteiger partial charge in [0.15, 0.2) is 0 Å². The zero-order chi connectivity index (χ0) is 8.53. The molecule has 0 aromatic rings. The molecule has 2 nitrogen and oxygen atoms in total. The van der Waals surface area contributed by atoms with Crippen molar-refractivity contribution < 1.29 is 0 Å². The van der Waals surface area contributed by atoms with Crippen LogP contribution in [0.25, 0.3) is 0 Å². The molecule has 0 bridgehead atoms. The summed E-state index contributed by atoms with van der Waals surface area (Å²) in [6.07, 6.45) is 3.79. The van der Waals surface area contributed by atoms with Crippen LogP contribution < -0.4 is 5.73 Å². The molecule has 0 aromatic heterocycles. The Morgan fingerprint density at radius 2 is 2.27 bits per heavy atom. The zero-order valence-electron chi connectivity index (χ0n) is 7.05. The molecule has 3 heteroatoms. The van der Waals surface area contributed by atoms with Gasteiger partial charge in [0, 0.05) is 5.75 Å². The molecule has 0 aromatic carbocycles. The smallest absolute Gasteiger partial charge is 0.102 e. The molecule has 11 heavy (non-hydrogen) atoms. The van der Waals surface area contributed by atoms with E-state index in [1.165, 1.54) is 19.3 Å². The number of hydrogen-bond donors (Lipinski definition) is 1. The van der Waals surface area contributed by atoms with E-state index >= 15 is 0 Å². The van der Waals surface area contributed by atoms with Crippen molar-refractivity contribution >= 4 is 11.8 Å². The molecule has 0 radical (unpaired) electrons. The third kappa shape index (κ3) is 7.70. The van der Waals surface area contributed by atoms with Gasteiger partial charge in [-0.1, -0.05) is 19.8 Å². The van der Waals surface area contributed by atoms with E-state index in [1.807, 2.05) is 6.07 Å². The van der Waals surface area contributed by atoms with E-state index in [2.05, 4.69) is 6.92 Å². The van der Waals surface area contributed by atoms with Crippen molar-refractivity contribution in [3.63, 3.8) is 0 Å². The van der Waals surface area contributed by atoms with Crippen molar-refractivity contribution in [1.29, 1.82) is 5.26 Å². The van der Waals surface area contributed by atoms with Crippen LogP contribution in [0.2, 0.25) is 0 Å². The van der Waals surface area contributed by atoms with Crippen LogP contribution in [0.1, 0.15) is 26.2 Å². The number of unbranched alkanes of at least 4 members (excludes halogenated alkanes) is 2. The fraction of sp³-hybridized carbons (Fsp3) is 0.875. The molecule has 0 saturated carbocycles. The van der Waals surface area contributed by atoms with Gasteiger partial charge in [-0.25, -0.2) is 0 Å². The molecule has 0 aliphatic heterocycles. The number of thioether (sulfide) groups is 1. The minimum Gasteiger partial charge on any atom is -0.315 e. The Morgan fingerprint density at radius 3 is 2.82 bits per heavy atom. The largest absolute Gasteiger partial charge is 0.315 e. The molecule has 2 N–H and O–H groups in total. The number of nitrogens with two attached hydrogens (primary N) is 1. The Morgan fingerprint density at radius 1 is 1.55 bits per heavy atom. The minimum absolute atomic E-state index is 0.276. The van der Waals surface area contributed by atoms with Crippen LogP contribution in [0.4, 0.5) is 0 Å². The number of nitrogens with zero attached hydrogens (tertiary/aromatic N) is 1. The summed E-state index contributed by atoms with van der Waals surface area (Å²) in [4.78, 5) is 0. The molecule has 64 valence electrons. The molecule has 0 aliphatic carbocycles. The van der Waals surface area contributed by atoms with Crippen LogP contribution >= 0.6 is 11.8 Å². The van der Waals surface area contributed by atoms with Crippen molar-refractivity contribution in [2.75, 3.05) is 11.5 Å². The third-order valence-electron chi connectivity index (χ3n) is 1.36. The van der Waals surface area contributed by atoms with Gasteiger partial charge in [0.2, 0.25) is 0 Å². The second-order valence-corrected chi connectivity index (χ2v) is 3.67. The van der Waals surface area contributed by atoms with E-state index in [4.69, 9.17) is 11.0 Å². The SMILES string of the molecule is CCCCCSCC(N)C#N. The normalized spacial score (nSPS) is 12.5. The van der Waals surface area contributed by atoms with Gasteiger partial charge in [0.05, 0.1) is 6.07 Å². The summed E-state index contributed by atoms with van der Waals surface area (Å²) in [6, 6.07) is 1.74. The standard InChI is InChI=1S/C8H16N2S/c1-2-3-4-5-11-7-8(10)6-9/h8H,2-5,7,10H2,1H3. The Balaban J connectivity index is 2.97. The second kappa shape index (κ2) is 7.90. The lowest BCUT2D eigenvalue weighted by Crippen LogP contribution is -2.20. The van der Waals surface area contributed by atoms with Gasteiger partial charge in [-0.15, -0.1) is 0 Å². The lowest BCUT2D eigenvalue weighted by molar-refractivity contribution is 0.778. The molecule has 0 aliphatic rings. The van der Waals surface area contributed by atoms with Crippen LogP contribution in [0.15, 0.2) is 0 Å². The summed E-state index contributed by atoms with van der Waals surface area (Å²) in [5.41, 5.74) is 5.41. The number of nitriles is 1. The summed E-state index contributed by atoms with van der Waals surface area (Å²) in [5.74, 6) is 1.92. The van der Waals surface area contributed by atoms with Crippen LogP contribution in [0.5, 0.6) is 0 Å². The maximum Gasteiger partial charge on any atom is 0.102 e. The summed E-state index contributed by atoms with van der Waals surface area (Å²) < 4.78 is 0. The molecule has 1 unspecified atom stereocenters. The number of hydrogen-bond acceptors (Lipinski definition) is 3. The van der Waals surface area contributed by atoms with E-state index < -0.39 is 0 Å². The lowest BCUT2D eigenvalue weighted by atomic mass is 10.3. The quantitative estimate of drug-likeness (QED) is 0.621. The Labute approximate surface area is 73.1 Å². The van der Waals surface area contributed by atoms with Crippen molar-refractivity contribution in [1.82, 2.24) is 0 Å². The highest BCUT2D eigenvalue weighted by molar-refractivity contribution is 7.99. The monoisotopic (exact) mass is 172 g/mol. The van der Waals surface area contributed by atoms with E-state index in [0.717, 1.165) is 11.5 Å². The zero-order valence-corrected chi connectivity index (χ0v) is 7.86. The molecular weight excluding hydrogens is 156 g/mol. The Bertz CT molecular complexity index is 120. The van der Waals surface area contributed by atoms with Crippen molar-refractivity contribution in [2.45, 2.75) is 32.2 Å². The maximum atomic E-state index is 8.35. The predicted octanol–water partition coefficient (Wildman–Crippen LogP) is 1.76. The van der Waals surface area contributed by atoms with Gasteiger partial charge >= 0.3 is 0 Å². The summed E-state index contributed by atoms with van der Waals surface area (Å²) in [5, 5.41) is 8.35. The summed E-state index contributed by atoms with van der Waals surface area (Å²) >= 11 is 1.78. The van der Waals surface area contributed by atoms with Gasteiger partial charge in [-0.05, 0) is 12.2 Å². The molecule has 0 amide bonds. The average Bonchev–Trinajstić information content (AvgIpc) is 2.04. The van der Waals surface area contributed by atoms with Crippen LogP contribution in [0, 0.1) is 11.3 Å². The fourth-order valence-corrected chi connectivity index (χ4v) is 1.61. The topological polar surface area (TPSA) is 49.8 Å². The first-order valence-corrected chi connectivity index (χ1v) is 5.19. The average molecular weight is 172 g/mol. The first-order valence-electron chi connectivity index (χ1n) is 4.04. The Hall–Kier alpha value is -0.200. The van der Waals surface area contributed by atoms with Gasteiger partial charge in [0.1, 0.15) is 6.04 Å². The molecule has 0 fully saturated rings. The second-order valence-electron chi connectivity index (χ2n) is 2.52. The molecule has 0 saturated heterocycles. The maximum absolute atomic E-state index is 8.35. The highest BCUT2D eigenvalue weighted by atomic mass is 32.2. The fourth-order valence-electron chi connectivity index (χ4n) is 0.702. The minimum atomic E-state index is -0.276. The van der Waals surface area contributed by atoms with Crippen molar-refractivity contribution in [3.05, 3.63) is 0 Å². The predicted molar refractivity (Wildman–Crippen MR) is 50.4 cm³/mol. The van der Waals surface area contributed by atoms with Gasteiger partial charge < -0.3 is 5.73 Å². The highest BCUT2D eigenvalue weighted by Crippen LogP contribution is 2.06. The van der Waals surface area contributed by atoms with Gasteiger partial charge in [-0.3, -0.25) is 0 Å². The van der Waals surface area contributed by atoms with Gasteiger partial charge in [0.25, 0.3) is 0 Å². The summed E-state index contributed by atoms with van der Waals surface area (Å²) in [7, 11) is 0. The molecule has 0 spiro atoms. The number of rotatable bonds is 6. The lowest BCUT2D eigenvalue weighted by Gasteiger charge is -2.01. The molecule has 0 rings (SSSR count). The Kier molecular flexibility index (Phi) is 7.76. The highest BCUT2D eigenvalue weighted by Gasteiger charge is 1.97. The first-order chi connectivity index (χ1) is 5.31. The van der Waals surface area contributed by atoms with Crippen molar-refractivity contribution in [2.24, 2.45) is 5.73 Å². The van der Waals surface area contributed by atoms with E-state index in [-0.39, 0.29) is 6.04 Å². The van der Waals surface area contributed by atoms with Crippen LogP contribution in [-0.2, 0) is 0 Å². The van der Waals surface area contributed by atoms with Gasteiger partial charge in [-0.2, -0.15) is 17.0 Å². The van der Waals surface area contributed by atoms with E-state index in [9.17, 15) is 0 Å². The molecule has 1 atom stereocenters. The van der Waals surface area contributed by atoms with Crippen LogP contribution in [-0.4, -0.2) is 17.5 Å². The first kappa shape index (κ1) is 10.8. The summed E-state index contributed by atoms with van der Waals surface area (Å²) in [6.45, 7) is 2.19. The van der Waals surface area contributed by atoms with Crippen molar-refractivity contribution in [3.8, 4) is 6.07 Å². The molecular formula is C8H16N2S. The van der Waals surface area contributed by atoms with E-state index in [1.54, 1.807) is 11.8 Å². The van der Waals surface area contributed by atoms with Crippen LogP contribution in [0.3, 0.4) is 0 Å². The van der Waals surface area contributed by atoms with E-state index in [0.29, 0.717) is 0 Å².